The van der Waals surface area contributed by atoms with Crippen LogP contribution in [-0.2, 0) is 11.3 Å². The molecule has 0 saturated heterocycles. The van der Waals surface area contributed by atoms with E-state index in [0.717, 1.165) is 11.1 Å². The van der Waals surface area contributed by atoms with E-state index in [1.165, 1.54) is 11.8 Å². The van der Waals surface area contributed by atoms with Crippen molar-refractivity contribution < 1.29 is 9.53 Å². The number of amides is 1. The topological polar surface area (TPSA) is 81.9 Å². The van der Waals surface area contributed by atoms with E-state index < -0.39 is 0 Å². The first-order chi connectivity index (χ1) is 12.1. The number of tetrazole rings is 1. The quantitative estimate of drug-likeness (QED) is 0.759. The highest BCUT2D eigenvalue weighted by atomic mass is 35.5. The van der Waals surface area contributed by atoms with Gasteiger partial charge in [-0.15, -0.1) is 5.10 Å². The fourth-order valence-corrected chi connectivity index (χ4v) is 2.56. The van der Waals surface area contributed by atoms with Crippen molar-refractivity contribution in [3.63, 3.8) is 0 Å². The number of rotatable bonds is 5. The Bertz CT molecular complexity index is 892. The second kappa shape index (κ2) is 7.31. The van der Waals surface area contributed by atoms with E-state index in [0.29, 0.717) is 22.3 Å². The molecule has 0 fully saturated rings. The lowest BCUT2D eigenvalue weighted by atomic mass is 10.1. The normalized spacial score (nSPS) is 10.5. The zero-order valence-electron chi connectivity index (χ0n) is 13.7. The van der Waals surface area contributed by atoms with Crippen molar-refractivity contribution in [2.24, 2.45) is 0 Å². The van der Waals surface area contributed by atoms with Crippen molar-refractivity contribution >= 4 is 23.2 Å². The van der Waals surface area contributed by atoms with E-state index in [1.807, 2.05) is 31.2 Å². The van der Waals surface area contributed by atoms with Gasteiger partial charge in [0.15, 0.2) is 5.82 Å². The molecule has 128 valence electrons. The maximum absolute atomic E-state index is 12.3. The SMILES string of the molecule is COc1ccc(NC(=O)Cn2nnnc2-c2ccc(C)cc2)cc1Cl. The maximum atomic E-state index is 12.3. The zero-order valence-corrected chi connectivity index (χ0v) is 14.5. The standard InChI is InChI=1S/C17H16ClN5O2/c1-11-3-5-12(6-4-11)17-20-21-22-23(17)10-16(24)19-13-7-8-15(25-2)14(18)9-13/h3-9H,10H2,1-2H3,(H,19,24). The number of aryl methyl sites for hydroxylation is 1. The molecule has 1 heterocycles. The first-order valence-corrected chi connectivity index (χ1v) is 7.91. The van der Waals surface area contributed by atoms with Crippen LogP contribution >= 0.6 is 11.6 Å². The minimum absolute atomic E-state index is 0.0140. The number of nitrogens with one attached hydrogen (secondary N) is 1. The number of carbonyl (C=O) groups is 1. The van der Waals surface area contributed by atoms with E-state index in [-0.39, 0.29) is 12.5 Å². The van der Waals surface area contributed by atoms with Gasteiger partial charge in [0.25, 0.3) is 0 Å². The van der Waals surface area contributed by atoms with Crippen LogP contribution in [0.3, 0.4) is 0 Å². The van der Waals surface area contributed by atoms with Crippen molar-refractivity contribution in [1.29, 1.82) is 0 Å². The molecule has 0 radical (unpaired) electrons. The van der Waals surface area contributed by atoms with Crippen LogP contribution in [0, 0.1) is 6.92 Å². The van der Waals surface area contributed by atoms with Crippen LogP contribution in [0.5, 0.6) is 5.75 Å². The molecule has 0 spiro atoms. The van der Waals surface area contributed by atoms with Gasteiger partial charge in [-0.2, -0.15) is 0 Å². The van der Waals surface area contributed by atoms with E-state index in [4.69, 9.17) is 16.3 Å². The molecule has 0 bridgehead atoms. The molecule has 7 nitrogen and oxygen atoms in total. The third-order valence-corrected chi connectivity index (χ3v) is 3.87. The Morgan fingerprint density at radius 2 is 2.00 bits per heavy atom. The Labute approximate surface area is 149 Å². The summed E-state index contributed by atoms with van der Waals surface area (Å²) < 4.78 is 6.54. The van der Waals surface area contributed by atoms with Crippen LogP contribution in [0.15, 0.2) is 42.5 Å². The summed E-state index contributed by atoms with van der Waals surface area (Å²) in [5.41, 5.74) is 2.55. The first-order valence-electron chi connectivity index (χ1n) is 7.53. The van der Waals surface area contributed by atoms with Gasteiger partial charge in [-0.3, -0.25) is 4.79 Å². The van der Waals surface area contributed by atoms with Crippen LogP contribution in [0.4, 0.5) is 5.69 Å². The second-order valence-corrected chi connectivity index (χ2v) is 5.83. The molecule has 0 aliphatic rings. The number of methoxy groups -OCH3 is 1. The summed E-state index contributed by atoms with van der Waals surface area (Å²) in [6, 6.07) is 12.8. The fourth-order valence-electron chi connectivity index (χ4n) is 2.30. The molecule has 0 unspecified atom stereocenters. The van der Waals surface area contributed by atoms with E-state index >= 15 is 0 Å². The molecule has 8 heteroatoms. The number of halogens is 1. The predicted octanol–water partition coefficient (Wildman–Crippen LogP) is 2.95. The van der Waals surface area contributed by atoms with Crippen LogP contribution in [0.25, 0.3) is 11.4 Å². The van der Waals surface area contributed by atoms with Gasteiger partial charge in [0, 0.05) is 11.3 Å². The molecule has 0 saturated carbocycles. The Kier molecular flexibility index (Phi) is 4.95. The summed E-state index contributed by atoms with van der Waals surface area (Å²) in [6.07, 6.45) is 0. The number of anilines is 1. The lowest BCUT2D eigenvalue weighted by Crippen LogP contribution is -2.20. The number of ether oxygens (including phenoxy) is 1. The van der Waals surface area contributed by atoms with Gasteiger partial charge in [-0.05, 0) is 35.5 Å². The minimum atomic E-state index is -0.262. The Morgan fingerprint density at radius 3 is 2.68 bits per heavy atom. The number of hydrogen-bond donors (Lipinski definition) is 1. The number of aromatic nitrogens is 4. The van der Waals surface area contributed by atoms with Gasteiger partial charge in [0.05, 0.1) is 12.1 Å². The van der Waals surface area contributed by atoms with Crippen molar-refractivity contribution in [3.8, 4) is 17.1 Å². The van der Waals surface area contributed by atoms with Crippen LogP contribution < -0.4 is 10.1 Å². The van der Waals surface area contributed by atoms with Crippen LogP contribution in [-0.4, -0.2) is 33.2 Å². The van der Waals surface area contributed by atoms with Crippen molar-refractivity contribution in [1.82, 2.24) is 20.2 Å². The summed E-state index contributed by atoms with van der Waals surface area (Å²) >= 11 is 6.06. The molecule has 0 atom stereocenters. The molecule has 3 aromatic rings. The molecule has 1 N–H and O–H groups in total. The number of benzene rings is 2. The molecule has 3 rings (SSSR count). The maximum Gasteiger partial charge on any atom is 0.246 e. The van der Waals surface area contributed by atoms with Crippen LogP contribution in [0.1, 0.15) is 5.56 Å². The molecule has 1 amide bonds. The molecule has 0 aliphatic carbocycles. The number of nitrogens with zero attached hydrogens (tertiary/aromatic N) is 4. The van der Waals surface area contributed by atoms with Gasteiger partial charge >= 0.3 is 0 Å². The molecule has 2 aromatic carbocycles. The van der Waals surface area contributed by atoms with Gasteiger partial charge in [-0.1, -0.05) is 41.4 Å². The Balaban J connectivity index is 1.73. The van der Waals surface area contributed by atoms with Gasteiger partial charge in [0.2, 0.25) is 5.91 Å². The summed E-state index contributed by atoms with van der Waals surface area (Å²) in [7, 11) is 1.53. The molecule has 1 aromatic heterocycles. The average Bonchev–Trinajstić information content (AvgIpc) is 3.03. The van der Waals surface area contributed by atoms with Gasteiger partial charge < -0.3 is 10.1 Å². The predicted molar refractivity (Wildman–Crippen MR) is 94.6 cm³/mol. The monoisotopic (exact) mass is 357 g/mol. The highest BCUT2D eigenvalue weighted by Gasteiger charge is 2.13. The lowest BCUT2D eigenvalue weighted by molar-refractivity contribution is -0.116. The zero-order chi connectivity index (χ0) is 17.8. The minimum Gasteiger partial charge on any atom is -0.495 e. The van der Waals surface area contributed by atoms with Crippen LogP contribution in [0.2, 0.25) is 5.02 Å². The largest absolute Gasteiger partial charge is 0.495 e. The lowest BCUT2D eigenvalue weighted by Gasteiger charge is -2.09. The van der Waals surface area contributed by atoms with Crippen molar-refractivity contribution in [2.45, 2.75) is 13.5 Å². The van der Waals surface area contributed by atoms with Gasteiger partial charge in [0.1, 0.15) is 12.3 Å². The molecular formula is C17H16ClN5O2. The fraction of sp³-hybridized carbons (Fsp3) is 0.176. The third kappa shape index (κ3) is 3.95. The highest BCUT2D eigenvalue weighted by molar-refractivity contribution is 6.32. The average molecular weight is 358 g/mol. The van der Waals surface area contributed by atoms with E-state index in [9.17, 15) is 4.79 Å². The number of hydrogen-bond acceptors (Lipinski definition) is 5. The molecule has 0 aliphatic heterocycles. The first kappa shape index (κ1) is 16.9. The summed E-state index contributed by atoms with van der Waals surface area (Å²) in [5, 5.41) is 14.7. The Morgan fingerprint density at radius 1 is 1.24 bits per heavy atom. The highest BCUT2D eigenvalue weighted by Crippen LogP contribution is 2.27. The Hall–Kier alpha value is -2.93. The van der Waals surface area contributed by atoms with Gasteiger partial charge in [-0.25, -0.2) is 4.68 Å². The summed E-state index contributed by atoms with van der Waals surface area (Å²) in [5.74, 6) is 0.812. The molecule has 25 heavy (non-hydrogen) atoms. The number of carbonyl (C=O) groups excluding carboxylic acids is 1. The van der Waals surface area contributed by atoms with Crippen molar-refractivity contribution in [3.05, 3.63) is 53.1 Å². The second-order valence-electron chi connectivity index (χ2n) is 5.42. The smallest absolute Gasteiger partial charge is 0.246 e. The van der Waals surface area contributed by atoms with Crippen molar-refractivity contribution in [2.75, 3.05) is 12.4 Å². The molecular weight excluding hydrogens is 342 g/mol. The van der Waals surface area contributed by atoms with E-state index in [1.54, 1.807) is 18.2 Å². The third-order valence-electron chi connectivity index (χ3n) is 3.57. The van der Waals surface area contributed by atoms with E-state index in [2.05, 4.69) is 20.8 Å². The summed E-state index contributed by atoms with van der Waals surface area (Å²) in [4.78, 5) is 12.3. The summed E-state index contributed by atoms with van der Waals surface area (Å²) in [6.45, 7) is 1.99.